The SMILES string of the molecule is COc1ccccc1-c1nccnc1[C@@H]1CCCN(C(=O)CCCc2ccccc2)C1. The number of hydrogen-bond acceptors (Lipinski definition) is 4. The van der Waals surface area contributed by atoms with E-state index >= 15 is 0 Å². The van der Waals surface area contributed by atoms with Crippen molar-refractivity contribution < 1.29 is 9.53 Å². The van der Waals surface area contributed by atoms with Gasteiger partial charge in [0.05, 0.1) is 18.5 Å². The lowest BCUT2D eigenvalue weighted by Gasteiger charge is -2.33. The minimum Gasteiger partial charge on any atom is -0.496 e. The Morgan fingerprint density at radius 3 is 2.68 bits per heavy atom. The zero-order valence-electron chi connectivity index (χ0n) is 18.0. The van der Waals surface area contributed by atoms with Crippen LogP contribution in [0, 0.1) is 0 Å². The molecule has 1 atom stereocenters. The zero-order valence-corrected chi connectivity index (χ0v) is 18.0. The summed E-state index contributed by atoms with van der Waals surface area (Å²) in [5.41, 5.74) is 4.03. The average molecular weight is 416 g/mol. The van der Waals surface area contributed by atoms with E-state index in [0.29, 0.717) is 13.0 Å². The van der Waals surface area contributed by atoms with E-state index in [2.05, 4.69) is 17.1 Å². The van der Waals surface area contributed by atoms with Gasteiger partial charge in [-0.3, -0.25) is 14.8 Å². The lowest BCUT2D eigenvalue weighted by Crippen LogP contribution is -2.39. The lowest BCUT2D eigenvalue weighted by atomic mass is 9.91. The maximum absolute atomic E-state index is 12.9. The fraction of sp³-hybridized carbons (Fsp3) is 0.346. The van der Waals surface area contributed by atoms with Crippen LogP contribution in [0.5, 0.6) is 5.75 Å². The van der Waals surface area contributed by atoms with E-state index in [9.17, 15) is 4.79 Å². The number of amides is 1. The number of benzene rings is 2. The predicted molar refractivity (Wildman–Crippen MR) is 122 cm³/mol. The molecule has 3 aromatic rings. The summed E-state index contributed by atoms with van der Waals surface area (Å²) in [4.78, 5) is 24.2. The number of methoxy groups -OCH3 is 1. The van der Waals surface area contributed by atoms with Crippen molar-refractivity contribution in [1.82, 2.24) is 14.9 Å². The molecule has 31 heavy (non-hydrogen) atoms. The standard InChI is InChI=1S/C26H29N3O2/c1-31-23-14-6-5-13-22(23)26-25(27-16-17-28-26)21-12-8-18-29(19-21)24(30)15-7-11-20-9-3-2-4-10-20/h2-6,9-10,13-14,16-17,21H,7-8,11-12,15,18-19H2,1H3/t21-/m1/s1. The topological polar surface area (TPSA) is 55.3 Å². The summed E-state index contributed by atoms with van der Waals surface area (Å²) in [5.74, 6) is 1.21. The molecule has 160 valence electrons. The van der Waals surface area contributed by atoms with Crippen molar-refractivity contribution in [3.8, 4) is 17.0 Å². The van der Waals surface area contributed by atoms with Crippen molar-refractivity contribution in [2.75, 3.05) is 20.2 Å². The number of carbonyl (C=O) groups is 1. The van der Waals surface area contributed by atoms with Gasteiger partial charge in [-0.1, -0.05) is 42.5 Å². The Morgan fingerprint density at radius 2 is 1.84 bits per heavy atom. The second-order valence-electron chi connectivity index (χ2n) is 8.01. The summed E-state index contributed by atoms with van der Waals surface area (Å²) >= 11 is 0. The van der Waals surface area contributed by atoms with Gasteiger partial charge in [0.15, 0.2) is 0 Å². The number of aromatic nitrogens is 2. The number of aryl methyl sites for hydroxylation is 1. The molecule has 1 aromatic heterocycles. The Labute approximate surface area is 184 Å². The van der Waals surface area contributed by atoms with Gasteiger partial charge in [0, 0.05) is 43.4 Å². The normalized spacial score (nSPS) is 16.2. The fourth-order valence-corrected chi connectivity index (χ4v) is 4.37. The van der Waals surface area contributed by atoms with Gasteiger partial charge >= 0.3 is 0 Å². The van der Waals surface area contributed by atoms with Gasteiger partial charge in [-0.25, -0.2) is 0 Å². The third-order valence-corrected chi connectivity index (χ3v) is 5.95. The van der Waals surface area contributed by atoms with Crippen LogP contribution in [0.3, 0.4) is 0 Å². The Morgan fingerprint density at radius 1 is 1.06 bits per heavy atom. The van der Waals surface area contributed by atoms with Crippen molar-refractivity contribution in [3.63, 3.8) is 0 Å². The van der Waals surface area contributed by atoms with E-state index in [4.69, 9.17) is 9.72 Å². The van der Waals surface area contributed by atoms with Crippen LogP contribution in [0.25, 0.3) is 11.3 Å². The van der Waals surface area contributed by atoms with Crippen molar-refractivity contribution >= 4 is 5.91 Å². The molecule has 0 unspecified atom stereocenters. The number of ether oxygens (including phenoxy) is 1. The molecular weight excluding hydrogens is 386 g/mol. The van der Waals surface area contributed by atoms with Crippen molar-refractivity contribution in [2.45, 2.75) is 38.0 Å². The summed E-state index contributed by atoms with van der Waals surface area (Å²) in [6.07, 6.45) is 7.86. The molecule has 0 saturated carbocycles. The van der Waals surface area contributed by atoms with Crippen molar-refractivity contribution in [1.29, 1.82) is 0 Å². The first-order valence-electron chi connectivity index (χ1n) is 11.0. The number of rotatable bonds is 7. The maximum atomic E-state index is 12.9. The van der Waals surface area contributed by atoms with Crippen LogP contribution < -0.4 is 4.74 Å². The van der Waals surface area contributed by atoms with Crippen molar-refractivity contribution in [2.24, 2.45) is 0 Å². The molecule has 0 spiro atoms. The summed E-state index contributed by atoms with van der Waals surface area (Å²) < 4.78 is 5.55. The lowest BCUT2D eigenvalue weighted by molar-refractivity contribution is -0.132. The van der Waals surface area contributed by atoms with Gasteiger partial charge in [0.1, 0.15) is 5.75 Å². The van der Waals surface area contributed by atoms with Crippen LogP contribution in [0.2, 0.25) is 0 Å². The van der Waals surface area contributed by atoms with E-state index in [1.807, 2.05) is 47.4 Å². The van der Waals surface area contributed by atoms with Gasteiger partial charge in [0.25, 0.3) is 0 Å². The van der Waals surface area contributed by atoms with Crippen LogP contribution in [0.1, 0.15) is 42.9 Å². The van der Waals surface area contributed by atoms with Gasteiger partial charge < -0.3 is 9.64 Å². The fourth-order valence-electron chi connectivity index (χ4n) is 4.37. The number of nitrogens with zero attached hydrogens (tertiary/aromatic N) is 3. The molecule has 0 radical (unpaired) electrons. The van der Waals surface area contributed by atoms with Crippen molar-refractivity contribution in [3.05, 3.63) is 78.2 Å². The number of piperidine rings is 1. The number of carbonyl (C=O) groups excluding carboxylic acids is 1. The quantitative estimate of drug-likeness (QED) is 0.552. The molecule has 0 bridgehead atoms. The molecule has 5 heteroatoms. The third kappa shape index (κ3) is 5.10. The number of para-hydroxylation sites is 1. The molecule has 2 heterocycles. The first kappa shape index (κ1) is 21.0. The van der Waals surface area contributed by atoms with E-state index in [-0.39, 0.29) is 11.8 Å². The van der Waals surface area contributed by atoms with E-state index in [1.165, 1.54) is 5.56 Å². The molecule has 1 amide bonds. The minimum atomic E-state index is 0.181. The molecule has 1 aliphatic rings. The summed E-state index contributed by atoms with van der Waals surface area (Å²) in [7, 11) is 1.67. The predicted octanol–water partition coefficient (Wildman–Crippen LogP) is 4.88. The van der Waals surface area contributed by atoms with Crippen LogP contribution in [-0.4, -0.2) is 41.0 Å². The highest BCUT2D eigenvalue weighted by Crippen LogP contribution is 2.35. The van der Waals surface area contributed by atoms with E-state index < -0.39 is 0 Å². The molecule has 4 rings (SSSR count). The second kappa shape index (κ2) is 10.2. The first-order chi connectivity index (χ1) is 15.3. The van der Waals surface area contributed by atoms with Gasteiger partial charge in [-0.2, -0.15) is 0 Å². The highest BCUT2D eigenvalue weighted by Gasteiger charge is 2.28. The third-order valence-electron chi connectivity index (χ3n) is 5.95. The average Bonchev–Trinajstić information content (AvgIpc) is 2.84. The Kier molecular flexibility index (Phi) is 6.92. The second-order valence-corrected chi connectivity index (χ2v) is 8.01. The van der Waals surface area contributed by atoms with Crippen LogP contribution in [-0.2, 0) is 11.2 Å². The highest BCUT2D eigenvalue weighted by atomic mass is 16.5. The summed E-state index contributed by atoms with van der Waals surface area (Å²) in [6.45, 7) is 1.52. The molecular formula is C26H29N3O2. The number of hydrogen-bond donors (Lipinski definition) is 0. The van der Waals surface area contributed by atoms with Crippen LogP contribution in [0.4, 0.5) is 0 Å². The minimum absolute atomic E-state index is 0.181. The Balaban J connectivity index is 1.45. The molecule has 1 fully saturated rings. The van der Waals surface area contributed by atoms with Crippen LogP contribution in [0.15, 0.2) is 67.0 Å². The summed E-state index contributed by atoms with van der Waals surface area (Å²) in [5, 5.41) is 0. The maximum Gasteiger partial charge on any atom is 0.222 e. The Bertz CT molecular complexity index is 1010. The van der Waals surface area contributed by atoms with E-state index in [0.717, 1.165) is 54.9 Å². The van der Waals surface area contributed by atoms with E-state index in [1.54, 1.807) is 19.5 Å². The highest BCUT2D eigenvalue weighted by molar-refractivity contribution is 5.76. The first-order valence-corrected chi connectivity index (χ1v) is 11.0. The molecule has 5 nitrogen and oxygen atoms in total. The molecule has 1 aliphatic heterocycles. The Hall–Kier alpha value is -3.21. The number of likely N-dealkylation sites (tertiary alicyclic amines) is 1. The van der Waals surface area contributed by atoms with Crippen LogP contribution >= 0.6 is 0 Å². The van der Waals surface area contributed by atoms with Gasteiger partial charge in [-0.15, -0.1) is 0 Å². The van der Waals surface area contributed by atoms with Gasteiger partial charge in [0.2, 0.25) is 5.91 Å². The smallest absolute Gasteiger partial charge is 0.222 e. The molecule has 0 aliphatic carbocycles. The molecule has 2 aromatic carbocycles. The monoisotopic (exact) mass is 415 g/mol. The molecule has 1 saturated heterocycles. The molecule has 0 N–H and O–H groups in total. The summed E-state index contributed by atoms with van der Waals surface area (Å²) in [6, 6.07) is 18.3. The van der Waals surface area contributed by atoms with Gasteiger partial charge in [-0.05, 0) is 43.4 Å². The zero-order chi connectivity index (χ0) is 21.5. The largest absolute Gasteiger partial charge is 0.496 e.